The van der Waals surface area contributed by atoms with Gasteiger partial charge in [-0.05, 0) is 30.3 Å². The third-order valence-electron chi connectivity index (χ3n) is 3.43. The van der Waals surface area contributed by atoms with Gasteiger partial charge in [0.05, 0.1) is 10.6 Å². The van der Waals surface area contributed by atoms with Crippen LogP contribution < -0.4 is 10.1 Å². The summed E-state index contributed by atoms with van der Waals surface area (Å²) < 4.78 is 41.2. The van der Waals surface area contributed by atoms with E-state index in [4.69, 9.17) is 11.6 Å². The second-order valence-electron chi connectivity index (χ2n) is 5.80. The lowest BCUT2D eigenvalue weighted by Crippen LogP contribution is -2.22. The fourth-order valence-corrected chi connectivity index (χ4v) is 2.39. The third-order valence-corrected chi connectivity index (χ3v) is 3.76. The molecule has 5 nitrogen and oxygen atoms in total. The van der Waals surface area contributed by atoms with Gasteiger partial charge in [-0.15, -0.1) is 13.2 Å². The molecule has 148 valence electrons. The Morgan fingerprint density at radius 3 is 2.46 bits per heavy atom. The van der Waals surface area contributed by atoms with Gasteiger partial charge >= 0.3 is 6.36 Å². The molecule has 0 spiro atoms. The largest absolute Gasteiger partial charge is 0.573 e. The molecule has 0 radical (unpaired) electrons. The summed E-state index contributed by atoms with van der Waals surface area (Å²) in [6.45, 7) is 0. The molecule has 0 heterocycles. The van der Waals surface area contributed by atoms with E-state index in [9.17, 15) is 22.8 Å². The molecule has 0 saturated carbocycles. The molecule has 2 aromatic rings. The number of benzene rings is 2. The molecule has 2 rings (SSSR count). The van der Waals surface area contributed by atoms with Crippen LogP contribution in [-0.2, 0) is 4.79 Å². The lowest BCUT2D eigenvalue weighted by atomic mass is 10.1. The molecule has 0 aromatic heterocycles. The second-order valence-corrected chi connectivity index (χ2v) is 6.21. The van der Waals surface area contributed by atoms with Crippen LogP contribution in [0.2, 0.25) is 5.02 Å². The first-order chi connectivity index (χ1) is 13.1. The van der Waals surface area contributed by atoms with Crippen molar-refractivity contribution in [2.45, 2.75) is 6.36 Å². The van der Waals surface area contributed by atoms with Crippen molar-refractivity contribution in [2.75, 3.05) is 19.4 Å². The van der Waals surface area contributed by atoms with Crippen molar-refractivity contribution in [3.05, 3.63) is 64.7 Å². The van der Waals surface area contributed by atoms with Crippen LogP contribution in [0.4, 0.5) is 18.9 Å². The Hall–Kier alpha value is -3.00. The van der Waals surface area contributed by atoms with E-state index >= 15 is 0 Å². The Kier molecular flexibility index (Phi) is 6.69. The predicted octanol–water partition coefficient (Wildman–Crippen LogP) is 4.59. The van der Waals surface area contributed by atoms with E-state index in [1.165, 1.54) is 47.4 Å². The van der Waals surface area contributed by atoms with Crippen molar-refractivity contribution in [2.24, 2.45) is 0 Å². The maximum Gasteiger partial charge on any atom is 0.573 e. The molecule has 0 saturated heterocycles. The van der Waals surface area contributed by atoms with Gasteiger partial charge in [0.1, 0.15) is 5.75 Å². The summed E-state index contributed by atoms with van der Waals surface area (Å²) in [6.07, 6.45) is -2.59. The van der Waals surface area contributed by atoms with Crippen molar-refractivity contribution < 1.29 is 27.5 Å². The summed E-state index contributed by atoms with van der Waals surface area (Å²) in [5, 5.41) is 2.75. The van der Waals surface area contributed by atoms with Gasteiger partial charge in [0, 0.05) is 31.4 Å². The minimum atomic E-state index is -4.84. The van der Waals surface area contributed by atoms with Gasteiger partial charge in [-0.3, -0.25) is 9.59 Å². The first-order valence-electron chi connectivity index (χ1n) is 7.92. The van der Waals surface area contributed by atoms with E-state index in [0.717, 1.165) is 12.1 Å². The summed E-state index contributed by atoms with van der Waals surface area (Å²) in [7, 11) is 3.13. The molecule has 1 N–H and O–H groups in total. The number of nitrogens with one attached hydrogen (secondary N) is 1. The lowest BCUT2D eigenvalue weighted by Gasteiger charge is -2.13. The zero-order chi connectivity index (χ0) is 20.9. The number of alkyl halides is 3. The average molecular weight is 413 g/mol. The Labute approximate surface area is 164 Å². The molecule has 0 aliphatic carbocycles. The van der Waals surface area contributed by atoms with Gasteiger partial charge in [0.15, 0.2) is 0 Å². The molecular weight excluding hydrogens is 397 g/mol. The first kappa shape index (κ1) is 21.3. The molecule has 0 atom stereocenters. The van der Waals surface area contributed by atoms with Gasteiger partial charge < -0.3 is 15.0 Å². The highest BCUT2D eigenvalue weighted by atomic mass is 35.5. The Morgan fingerprint density at radius 2 is 1.82 bits per heavy atom. The number of carbonyl (C=O) groups is 2. The zero-order valence-electron chi connectivity index (χ0n) is 14.9. The van der Waals surface area contributed by atoms with Crippen molar-refractivity contribution >= 4 is 35.2 Å². The summed E-state index contributed by atoms with van der Waals surface area (Å²) >= 11 is 6.00. The number of amides is 2. The summed E-state index contributed by atoms with van der Waals surface area (Å²) in [6, 6.07) is 9.79. The quantitative estimate of drug-likeness (QED) is 0.730. The highest BCUT2D eigenvalue weighted by molar-refractivity contribution is 6.34. The van der Waals surface area contributed by atoms with Gasteiger partial charge in [-0.25, -0.2) is 0 Å². The second kappa shape index (κ2) is 8.79. The Balaban J connectivity index is 2.15. The molecule has 2 aromatic carbocycles. The number of halogens is 4. The van der Waals surface area contributed by atoms with E-state index in [2.05, 4.69) is 10.1 Å². The zero-order valence-corrected chi connectivity index (χ0v) is 15.6. The molecule has 28 heavy (non-hydrogen) atoms. The normalized spacial score (nSPS) is 11.4. The number of hydrogen-bond donors (Lipinski definition) is 1. The fourth-order valence-electron chi connectivity index (χ4n) is 2.19. The van der Waals surface area contributed by atoms with Crippen LogP contribution in [0.3, 0.4) is 0 Å². The Morgan fingerprint density at radius 1 is 1.14 bits per heavy atom. The van der Waals surface area contributed by atoms with Crippen molar-refractivity contribution in [3.8, 4) is 5.75 Å². The van der Waals surface area contributed by atoms with Crippen LogP contribution in [0.1, 0.15) is 15.9 Å². The summed E-state index contributed by atoms with van der Waals surface area (Å²) in [5.74, 6) is -1.37. The van der Waals surface area contributed by atoms with Crippen molar-refractivity contribution in [3.63, 3.8) is 0 Å². The van der Waals surface area contributed by atoms with Gasteiger partial charge in [-0.2, -0.15) is 0 Å². The van der Waals surface area contributed by atoms with E-state index in [1.54, 1.807) is 14.1 Å². The van der Waals surface area contributed by atoms with Crippen LogP contribution in [0, 0.1) is 0 Å². The maximum atomic E-state index is 12.4. The van der Waals surface area contributed by atoms with Crippen LogP contribution >= 0.6 is 11.6 Å². The molecule has 9 heteroatoms. The summed E-state index contributed by atoms with van der Waals surface area (Å²) in [5.41, 5.74) is 0.594. The van der Waals surface area contributed by atoms with Crippen molar-refractivity contribution in [1.82, 2.24) is 4.90 Å². The summed E-state index contributed by atoms with van der Waals surface area (Å²) in [4.78, 5) is 25.5. The minimum Gasteiger partial charge on any atom is -0.405 e. The minimum absolute atomic E-state index is 0.0783. The number of para-hydroxylation sites is 1. The third kappa shape index (κ3) is 6.02. The molecule has 0 bridgehead atoms. The fraction of sp³-hybridized carbons (Fsp3) is 0.158. The Bertz CT molecular complexity index is 912. The molecular formula is C19H16ClF3N2O3. The van der Waals surface area contributed by atoms with E-state index in [-0.39, 0.29) is 22.1 Å². The van der Waals surface area contributed by atoms with Gasteiger partial charge in [0.25, 0.3) is 5.91 Å². The lowest BCUT2D eigenvalue weighted by molar-refractivity contribution is -0.274. The van der Waals surface area contributed by atoms with Crippen molar-refractivity contribution in [1.29, 1.82) is 0 Å². The van der Waals surface area contributed by atoms with Crippen LogP contribution in [0.5, 0.6) is 5.75 Å². The maximum absolute atomic E-state index is 12.4. The van der Waals surface area contributed by atoms with E-state index < -0.39 is 18.0 Å². The number of hydrogen-bond acceptors (Lipinski definition) is 3. The smallest absolute Gasteiger partial charge is 0.405 e. The van der Waals surface area contributed by atoms with E-state index in [0.29, 0.717) is 5.69 Å². The monoisotopic (exact) mass is 412 g/mol. The number of carbonyl (C=O) groups excluding carboxylic acids is 2. The molecule has 0 aliphatic rings. The number of nitrogens with zero attached hydrogens (tertiary/aromatic N) is 1. The van der Waals surface area contributed by atoms with Crippen LogP contribution in [0.25, 0.3) is 6.08 Å². The SMILES string of the molecule is CN(C)C(=O)c1cc(NC(=O)/C=C/c2ccccc2OC(F)(F)F)ccc1Cl. The molecule has 0 fully saturated rings. The standard InChI is InChI=1S/C19H16ClF3N2O3/c1-25(2)18(27)14-11-13(8-9-15(14)20)24-17(26)10-7-12-5-3-4-6-16(12)28-19(21,22)23/h3-11H,1-2H3,(H,24,26)/b10-7+. The molecule has 0 unspecified atom stereocenters. The predicted molar refractivity (Wildman–Crippen MR) is 100 cm³/mol. The van der Waals surface area contributed by atoms with Crippen LogP contribution in [-0.4, -0.2) is 37.2 Å². The first-order valence-corrected chi connectivity index (χ1v) is 8.29. The number of ether oxygens (including phenoxy) is 1. The molecule has 2 amide bonds. The average Bonchev–Trinajstić information content (AvgIpc) is 2.60. The van der Waals surface area contributed by atoms with Gasteiger partial charge in [-0.1, -0.05) is 29.8 Å². The number of anilines is 1. The highest BCUT2D eigenvalue weighted by Crippen LogP contribution is 2.27. The van der Waals surface area contributed by atoms with Gasteiger partial charge in [0.2, 0.25) is 5.91 Å². The highest BCUT2D eigenvalue weighted by Gasteiger charge is 2.31. The number of rotatable bonds is 5. The van der Waals surface area contributed by atoms with Crippen LogP contribution in [0.15, 0.2) is 48.5 Å². The molecule has 0 aliphatic heterocycles. The van der Waals surface area contributed by atoms with E-state index in [1.807, 2.05) is 0 Å². The topological polar surface area (TPSA) is 58.6 Å².